The molecule has 0 bridgehead atoms. The Hall–Kier alpha value is -2.56. The van der Waals surface area contributed by atoms with Crippen molar-refractivity contribution in [1.82, 2.24) is 10.2 Å². The molecular weight excluding hydrogens is 298 g/mol. The van der Waals surface area contributed by atoms with Crippen LogP contribution in [0.25, 0.3) is 0 Å². The SMILES string of the molecule is C=CCCCCCNc1ccc(N=NC(=C)N(C)/C=C\NC)cc1. The third-order valence-corrected chi connectivity index (χ3v) is 3.43. The van der Waals surface area contributed by atoms with Gasteiger partial charge in [-0.25, -0.2) is 0 Å². The molecule has 0 spiro atoms. The van der Waals surface area contributed by atoms with Crippen molar-refractivity contribution in [3.05, 3.63) is 61.7 Å². The van der Waals surface area contributed by atoms with Crippen molar-refractivity contribution in [2.45, 2.75) is 25.7 Å². The van der Waals surface area contributed by atoms with E-state index < -0.39 is 0 Å². The van der Waals surface area contributed by atoms with Crippen LogP contribution in [0.1, 0.15) is 25.7 Å². The molecule has 1 aromatic carbocycles. The van der Waals surface area contributed by atoms with Gasteiger partial charge in [0.15, 0.2) is 0 Å². The Morgan fingerprint density at radius 1 is 1.21 bits per heavy atom. The molecule has 0 atom stereocenters. The van der Waals surface area contributed by atoms with Crippen molar-refractivity contribution < 1.29 is 0 Å². The molecule has 5 nitrogen and oxygen atoms in total. The zero-order valence-electron chi connectivity index (χ0n) is 14.8. The molecule has 0 unspecified atom stereocenters. The van der Waals surface area contributed by atoms with E-state index in [1.54, 1.807) is 11.1 Å². The lowest BCUT2D eigenvalue weighted by molar-refractivity contribution is 0.553. The molecule has 0 heterocycles. The van der Waals surface area contributed by atoms with Gasteiger partial charge in [0.25, 0.3) is 0 Å². The normalized spacial score (nSPS) is 10.9. The van der Waals surface area contributed by atoms with Crippen LogP contribution in [0.5, 0.6) is 0 Å². The fraction of sp³-hybridized carbons (Fsp3) is 0.368. The number of nitrogens with one attached hydrogen (secondary N) is 2. The average molecular weight is 327 g/mol. The fourth-order valence-electron chi connectivity index (χ4n) is 1.93. The van der Waals surface area contributed by atoms with Crippen molar-refractivity contribution in [2.75, 3.05) is 26.0 Å². The first-order chi connectivity index (χ1) is 11.7. The highest BCUT2D eigenvalue weighted by molar-refractivity contribution is 5.50. The van der Waals surface area contributed by atoms with Gasteiger partial charge in [-0.1, -0.05) is 19.1 Å². The summed E-state index contributed by atoms with van der Waals surface area (Å²) in [5.74, 6) is 0.572. The third kappa shape index (κ3) is 8.17. The Morgan fingerprint density at radius 3 is 2.62 bits per heavy atom. The van der Waals surface area contributed by atoms with Gasteiger partial charge < -0.3 is 15.5 Å². The highest BCUT2D eigenvalue weighted by Crippen LogP contribution is 2.18. The van der Waals surface area contributed by atoms with Crippen LogP contribution in [0.3, 0.4) is 0 Å². The van der Waals surface area contributed by atoms with E-state index in [-0.39, 0.29) is 0 Å². The summed E-state index contributed by atoms with van der Waals surface area (Å²) in [4.78, 5) is 1.79. The van der Waals surface area contributed by atoms with Gasteiger partial charge >= 0.3 is 0 Å². The van der Waals surface area contributed by atoms with Crippen LogP contribution in [0.15, 0.2) is 71.9 Å². The molecule has 0 aromatic heterocycles. The number of rotatable bonds is 12. The van der Waals surface area contributed by atoms with Gasteiger partial charge in [0.2, 0.25) is 0 Å². The number of allylic oxidation sites excluding steroid dienone is 1. The minimum Gasteiger partial charge on any atom is -0.393 e. The molecule has 2 N–H and O–H groups in total. The molecule has 0 amide bonds. The number of benzene rings is 1. The standard InChI is InChI=1S/C19H29N5/c1-5-6-7-8-9-14-21-18-10-12-19(13-11-18)23-22-17(2)24(4)16-15-20-3/h5,10-13,15-16,20-21H,1-2,6-9,14H2,3-4H3/b16-15-,23-22?. The molecule has 0 fully saturated rings. The number of azo groups is 1. The van der Waals surface area contributed by atoms with Gasteiger partial charge in [-0.2, -0.15) is 0 Å². The first-order valence-corrected chi connectivity index (χ1v) is 8.29. The number of hydrogen-bond donors (Lipinski definition) is 2. The second kappa shape index (κ2) is 11.9. The minimum absolute atomic E-state index is 0.572. The molecule has 0 aliphatic heterocycles. The van der Waals surface area contributed by atoms with Crippen LogP contribution < -0.4 is 10.6 Å². The summed E-state index contributed by atoms with van der Waals surface area (Å²) in [6, 6.07) is 7.93. The maximum Gasteiger partial charge on any atom is 0.147 e. The number of nitrogens with zero attached hydrogens (tertiary/aromatic N) is 3. The average Bonchev–Trinajstić information content (AvgIpc) is 2.61. The largest absolute Gasteiger partial charge is 0.393 e. The topological polar surface area (TPSA) is 52.0 Å². The Morgan fingerprint density at radius 2 is 1.96 bits per heavy atom. The first kappa shape index (κ1) is 19.5. The zero-order valence-corrected chi connectivity index (χ0v) is 14.8. The van der Waals surface area contributed by atoms with Crippen molar-refractivity contribution >= 4 is 11.4 Å². The summed E-state index contributed by atoms with van der Waals surface area (Å²) in [5, 5.41) is 14.7. The lowest BCUT2D eigenvalue weighted by Crippen LogP contribution is -2.08. The third-order valence-electron chi connectivity index (χ3n) is 3.43. The minimum atomic E-state index is 0.572. The second-order valence-corrected chi connectivity index (χ2v) is 5.44. The zero-order chi connectivity index (χ0) is 17.6. The van der Waals surface area contributed by atoms with Gasteiger partial charge in [0.05, 0.1) is 5.69 Å². The highest BCUT2D eigenvalue weighted by Gasteiger charge is 1.97. The van der Waals surface area contributed by atoms with E-state index in [1.165, 1.54) is 19.3 Å². The quantitative estimate of drug-likeness (QED) is 0.322. The van der Waals surface area contributed by atoms with E-state index >= 15 is 0 Å². The summed E-state index contributed by atoms with van der Waals surface area (Å²) in [5.41, 5.74) is 1.91. The molecular formula is C19H29N5. The van der Waals surface area contributed by atoms with Crippen LogP contribution in [0.2, 0.25) is 0 Å². The second-order valence-electron chi connectivity index (χ2n) is 5.44. The van der Waals surface area contributed by atoms with Crippen LogP contribution >= 0.6 is 0 Å². The molecule has 1 aromatic rings. The van der Waals surface area contributed by atoms with Crippen LogP contribution in [-0.4, -0.2) is 25.5 Å². The summed E-state index contributed by atoms with van der Waals surface area (Å²) >= 11 is 0. The van der Waals surface area contributed by atoms with E-state index in [2.05, 4.69) is 34.0 Å². The number of unbranched alkanes of at least 4 members (excludes halogenated alkanes) is 3. The predicted octanol–water partition coefficient (Wildman–Crippen LogP) is 5.02. The van der Waals surface area contributed by atoms with Gasteiger partial charge in [0, 0.05) is 38.7 Å². The van der Waals surface area contributed by atoms with Crippen LogP contribution in [0.4, 0.5) is 11.4 Å². The summed E-state index contributed by atoms with van der Waals surface area (Å²) in [6.07, 6.45) is 10.3. The molecule has 130 valence electrons. The van der Waals surface area contributed by atoms with E-state index in [1.807, 2.05) is 50.6 Å². The molecule has 0 saturated carbocycles. The Bertz CT molecular complexity index is 545. The molecule has 0 radical (unpaired) electrons. The maximum absolute atomic E-state index is 4.20. The Labute approximate surface area is 145 Å². The Balaban J connectivity index is 2.38. The molecule has 24 heavy (non-hydrogen) atoms. The molecule has 0 saturated heterocycles. The van der Waals surface area contributed by atoms with Gasteiger partial charge in [0.1, 0.15) is 5.82 Å². The van der Waals surface area contributed by atoms with E-state index in [4.69, 9.17) is 0 Å². The van der Waals surface area contributed by atoms with E-state index in [0.29, 0.717) is 5.82 Å². The molecule has 0 aliphatic carbocycles. The molecule has 5 heteroatoms. The Kier molecular flexibility index (Phi) is 9.69. The van der Waals surface area contributed by atoms with Crippen LogP contribution in [0, 0.1) is 0 Å². The predicted molar refractivity (Wildman–Crippen MR) is 103 cm³/mol. The molecule has 0 aliphatic rings. The summed E-state index contributed by atoms with van der Waals surface area (Å²) < 4.78 is 0. The van der Waals surface area contributed by atoms with Crippen molar-refractivity contribution in [3.63, 3.8) is 0 Å². The monoisotopic (exact) mass is 327 g/mol. The van der Waals surface area contributed by atoms with Crippen LogP contribution in [-0.2, 0) is 0 Å². The molecule has 1 rings (SSSR count). The first-order valence-electron chi connectivity index (χ1n) is 8.29. The van der Waals surface area contributed by atoms with E-state index in [9.17, 15) is 0 Å². The number of anilines is 1. The van der Waals surface area contributed by atoms with Crippen molar-refractivity contribution in [3.8, 4) is 0 Å². The van der Waals surface area contributed by atoms with Crippen molar-refractivity contribution in [1.29, 1.82) is 0 Å². The highest BCUT2D eigenvalue weighted by atomic mass is 15.3. The van der Waals surface area contributed by atoms with Crippen molar-refractivity contribution in [2.24, 2.45) is 10.2 Å². The van der Waals surface area contributed by atoms with Gasteiger partial charge in [-0.05, 0) is 43.5 Å². The summed E-state index contributed by atoms with van der Waals surface area (Å²) in [6.45, 7) is 8.60. The lowest BCUT2D eigenvalue weighted by atomic mass is 10.2. The maximum atomic E-state index is 4.20. The van der Waals surface area contributed by atoms with Gasteiger partial charge in [-0.3, -0.25) is 0 Å². The summed E-state index contributed by atoms with van der Waals surface area (Å²) in [7, 11) is 3.71. The smallest absolute Gasteiger partial charge is 0.147 e. The van der Waals surface area contributed by atoms with E-state index in [0.717, 1.165) is 24.3 Å². The van der Waals surface area contributed by atoms with Gasteiger partial charge in [-0.15, -0.1) is 16.8 Å². The number of hydrogen-bond acceptors (Lipinski definition) is 5. The lowest BCUT2D eigenvalue weighted by Gasteiger charge is -2.11. The fourth-order valence-corrected chi connectivity index (χ4v) is 1.93.